The van der Waals surface area contributed by atoms with Crippen LogP contribution in [0.5, 0.6) is 0 Å². The first-order valence-electron chi connectivity index (χ1n) is 11.2. The number of nitrogens with one attached hydrogen (secondary N) is 1. The molecule has 0 spiro atoms. The Bertz CT molecular complexity index is 1120. The monoisotopic (exact) mass is 473 g/mol. The Hall–Kier alpha value is -2.93. The summed E-state index contributed by atoms with van der Waals surface area (Å²) < 4.78 is 0. The van der Waals surface area contributed by atoms with Crippen LogP contribution in [0.2, 0.25) is 5.02 Å². The maximum atomic E-state index is 14.0. The van der Waals surface area contributed by atoms with E-state index in [1.807, 2.05) is 44.2 Å². The molecule has 0 bridgehead atoms. The molecule has 0 aliphatic carbocycles. The van der Waals surface area contributed by atoms with Crippen LogP contribution in [0.3, 0.4) is 0 Å². The fourth-order valence-corrected chi connectivity index (χ4v) is 10.3. The molecule has 1 atom stereocenters. The third kappa shape index (κ3) is 4.47. The second-order valence-corrected chi connectivity index (χ2v) is 13.2. The number of rotatable bonds is 6. The molecule has 0 radical (unpaired) electrons. The van der Waals surface area contributed by atoms with Crippen LogP contribution in [-0.4, -0.2) is 11.6 Å². The summed E-state index contributed by atoms with van der Waals surface area (Å²) in [6.45, 7) is 6.04. The molecule has 168 valence electrons. The van der Waals surface area contributed by atoms with Gasteiger partial charge in [0.1, 0.15) is 0 Å². The molecule has 0 saturated heterocycles. The van der Waals surface area contributed by atoms with Gasteiger partial charge < -0.3 is 0 Å². The third-order valence-electron chi connectivity index (χ3n) is 6.48. The molecule has 4 rings (SSSR count). The number of carbonyl (C=O) groups is 1. The zero-order valence-corrected chi connectivity index (χ0v) is 20.9. The van der Waals surface area contributed by atoms with Gasteiger partial charge in [-0.15, -0.1) is 0 Å². The number of anilines is 1. The third-order valence-corrected chi connectivity index (χ3v) is 12.0. The fraction of sp³-hybridized carbons (Fsp3) is 0.138. The quantitative estimate of drug-likeness (QED) is 0.341. The number of aryl methyl sites for hydroxylation is 2. The average molecular weight is 474 g/mol. The van der Waals surface area contributed by atoms with Crippen LogP contribution in [0, 0.1) is 13.8 Å². The molecule has 0 heterocycles. The van der Waals surface area contributed by atoms with E-state index in [2.05, 4.69) is 85.0 Å². The fourth-order valence-electron chi connectivity index (χ4n) is 4.89. The van der Waals surface area contributed by atoms with Gasteiger partial charge in [-0.2, -0.15) is 0 Å². The summed E-state index contributed by atoms with van der Waals surface area (Å²) in [5.41, 5.74) is 2.51. The molecule has 4 aromatic carbocycles. The van der Waals surface area contributed by atoms with Crippen molar-refractivity contribution in [3.63, 3.8) is 0 Å². The van der Waals surface area contributed by atoms with Crippen molar-refractivity contribution in [2.45, 2.75) is 26.4 Å². The minimum atomic E-state index is -2.73. The van der Waals surface area contributed by atoms with E-state index in [-0.39, 0.29) is 11.6 Å². The summed E-state index contributed by atoms with van der Waals surface area (Å²) in [5.74, 6) is 0.0201. The van der Waals surface area contributed by atoms with Gasteiger partial charge in [-0.25, -0.2) is 0 Å². The van der Waals surface area contributed by atoms with E-state index in [9.17, 15) is 4.79 Å². The first-order valence-corrected chi connectivity index (χ1v) is 13.6. The molecule has 0 fully saturated rings. The van der Waals surface area contributed by atoms with Crippen LogP contribution in [0.25, 0.3) is 0 Å². The van der Waals surface area contributed by atoms with Gasteiger partial charge >= 0.3 is 202 Å². The molecule has 2 nitrogen and oxygen atoms in total. The van der Waals surface area contributed by atoms with E-state index in [0.717, 1.165) is 16.8 Å². The minimum absolute atomic E-state index is 0.0201. The van der Waals surface area contributed by atoms with E-state index in [4.69, 9.17) is 11.6 Å². The normalized spacial score (nSPS) is 12.7. The Morgan fingerprint density at radius 3 is 1.45 bits per heavy atom. The zero-order chi connectivity index (χ0) is 23.4. The maximum absolute atomic E-state index is 14.0. The Kier molecular flexibility index (Phi) is 6.98. The summed E-state index contributed by atoms with van der Waals surface area (Å²) in [6.07, 6.45) is 0. The van der Waals surface area contributed by atoms with Crippen molar-refractivity contribution < 1.29 is 4.79 Å². The zero-order valence-electron chi connectivity index (χ0n) is 19.2. The van der Waals surface area contributed by atoms with Crippen molar-refractivity contribution >= 4 is 46.4 Å². The van der Waals surface area contributed by atoms with Gasteiger partial charge in [-0.05, 0) is 0 Å². The summed E-state index contributed by atoms with van der Waals surface area (Å²) in [4.78, 5) is 14.0. The summed E-state index contributed by atoms with van der Waals surface area (Å²) in [5, 5.41) is 7.59. The van der Waals surface area contributed by atoms with Gasteiger partial charge in [0.25, 0.3) is 0 Å². The summed E-state index contributed by atoms with van der Waals surface area (Å²) in [7, 11) is -2.73. The predicted octanol–water partition coefficient (Wildman–Crippen LogP) is 6.01. The predicted molar refractivity (Wildman–Crippen MR) is 146 cm³/mol. The van der Waals surface area contributed by atoms with E-state index in [1.165, 1.54) is 15.9 Å². The SMILES string of the molecule is Cc1cc(Cl)cc(C)c1NC(=O)C(C)[PH](c1ccccc1)(c1ccccc1)c1ccccc1. The van der Waals surface area contributed by atoms with E-state index < -0.39 is 7.26 Å². The molecular formula is C29H29ClNOP. The Morgan fingerprint density at radius 1 is 0.727 bits per heavy atom. The standard InChI is InChI=1S/C29H29ClNOP/c1-21-19-24(30)20-22(2)28(21)31-29(32)23(3)33(25-13-7-4-8-14-25,26-15-9-5-10-16-26)27-17-11-6-12-18-27/h4-20,23,33H,1-3H3,(H,31,32). The van der Waals surface area contributed by atoms with Gasteiger partial charge in [-0.1, -0.05) is 0 Å². The Labute approximate surface area is 202 Å². The van der Waals surface area contributed by atoms with Crippen molar-refractivity contribution in [1.29, 1.82) is 0 Å². The molecule has 4 heteroatoms. The molecule has 1 N–H and O–H groups in total. The molecule has 1 unspecified atom stereocenters. The van der Waals surface area contributed by atoms with E-state index in [0.29, 0.717) is 5.02 Å². The van der Waals surface area contributed by atoms with Crippen molar-refractivity contribution in [2.24, 2.45) is 0 Å². The van der Waals surface area contributed by atoms with Crippen LogP contribution >= 0.6 is 18.9 Å². The molecule has 0 aliphatic rings. The molecule has 0 aromatic heterocycles. The van der Waals surface area contributed by atoms with Crippen LogP contribution in [0.15, 0.2) is 103 Å². The number of carbonyl (C=O) groups excluding carboxylic acids is 1. The van der Waals surface area contributed by atoms with Gasteiger partial charge in [0.2, 0.25) is 0 Å². The Morgan fingerprint density at radius 2 is 1.09 bits per heavy atom. The van der Waals surface area contributed by atoms with Crippen LogP contribution < -0.4 is 21.2 Å². The van der Waals surface area contributed by atoms with E-state index in [1.54, 1.807) is 0 Å². The molecule has 33 heavy (non-hydrogen) atoms. The van der Waals surface area contributed by atoms with Gasteiger partial charge in [0.05, 0.1) is 0 Å². The van der Waals surface area contributed by atoms with Crippen LogP contribution in [0.1, 0.15) is 18.1 Å². The Balaban J connectivity index is 1.91. The average Bonchev–Trinajstić information content (AvgIpc) is 2.84. The molecule has 1 amide bonds. The molecular weight excluding hydrogens is 445 g/mol. The first-order chi connectivity index (χ1) is 15.9. The summed E-state index contributed by atoms with van der Waals surface area (Å²) in [6, 6.07) is 35.4. The van der Waals surface area contributed by atoms with Crippen LogP contribution in [-0.2, 0) is 4.79 Å². The number of benzene rings is 4. The van der Waals surface area contributed by atoms with Crippen molar-refractivity contribution in [2.75, 3.05) is 5.32 Å². The second kappa shape index (κ2) is 9.91. The number of hydrogen-bond acceptors (Lipinski definition) is 1. The van der Waals surface area contributed by atoms with Crippen molar-refractivity contribution in [3.8, 4) is 0 Å². The topological polar surface area (TPSA) is 29.1 Å². The van der Waals surface area contributed by atoms with Gasteiger partial charge in [0.15, 0.2) is 0 Å². The van der Waals surface area contributed by atoms with E-state index >= 15 is 0 Å². The number of halogens is 1. The first kappa shape index (κ1) is 23.2. The molecule has 0 saturated carbocycles. The molecule has 0 aliphatic heterocycles. The summed E-state index contributed by atoms with van der Waals surface area (Å²) >= 11 is 6.23. The van der Waals surface area contributed by atoms with Crippen LogP contribution in [0.4, 0.5) is 5.69 Å². The van der Waals surface area contributed by atoms with Crippen molar-refractivity contribution in [3.05, 3.63) is 119 Å². The van der Waals surface area contributed by atoms with Crippen molar-refractivity contribution in [1.82, 2.24) is 0 Å². The van der Waals surface area contributed by atoms with Gasteiger partial charge in [-0.3, -0.25) is 0 Å². The number of amides is 1. The second-order valence-electron chi connectivity index (χ2n) is 8.53. The molecule has 4 aromatic rings. The number of hydrogen-bond donors (Lipinski definition) is 1. The van der Waals surface area contributed by atoms with Gasteiger partial charge in [0, 0.05) is 0 Å².